The van der Waals surface area contributed by atoms with Crippen molar-refractivity contribution in [2.75, 3.05) is 13.1 Å². The number of urea groups is 1. The van der Waals surface area contributed by atoms with Crippen molar-refractivity contribution in [3.63, 3.8) is 0 Å². The topological polar surface area (TPSA) is 78.5 Å². The summed E-state index contributed by atoms with van der Waals surface area (Å²) in [5.74, 6) is -0.303. The molecule has 3 rings (SSSR count). The molecule has 1 aliphatic carbocycles. The van der Waals surface area contributed by atoms with Crippen LogP contribution in [-0.4, -0.2) is 41.4 Å². The number of carbonyl (C=O) groups excluding carboxylic acids is 3. The number of imide groups is 1. The quantitative estimate of drug-likeness (QED) is 0.628. The summed E-state index contributed by atoms with van der Waals surface area (Å²) in [5.41, 5.74) is -0.659. The van der Waals surface area contributed by atoms with E-state index in [9.17, 15) is 14.4 Å². The average Bonchev–Trinajstić information content (AvgIpc) is 3.20. The standard InChI is InChI=1S/C15H18ClN3O3S/c16-11-5-4-10(23-11)12(20)17-8-3-9-19-13(21)15(18-14(19)22)6-1-2-7-15/h4-5H,1-3,6-9H2,(H,17,20)(H,18,22). The minimum Gasteiger partial charge on any atom is -0.351 e. The molecule has 6 nitrogen and oxygen atoms in total. The molecule has 0 aromatic carbocycles. The molecule has 1 aliphatic heterocycles. The summed E-state index contributed by atoms with van der Waals surface area (Å²) < 4.78 is 0.566. The van der Waals surface area contributed by atoms with Gasteiger partial charge in [0.2, 0.25) is 0 Å². The van der Waals surface area contributed by atoms with E-state index in [4.69, 9.17) is 11.6 Å². The summed E-state index contributed by atoms with van der Waals surface area (Å²) in [6.07, 6.45) is 3.92. The Balaban J connectivity index is 1.46. The SMILES string of the molecule is O=C(NCCCN1C(=O)NC2(CCCC2)C1=O)c1ccc(Cl)s1. The molecule has 0 unspecified atom stereocenters. The third kappa shape index (κ3) is 3.21. The molecular formula is C15H18ClN3O3S. The van der Waals surface area contributed by atoms with Gasteiger partial charge in [-0.3, -0.25) is 14.5 Å². The molecule has 23 heavy (non-hydrogen) atoms. The van der Waals surface area contributed by atoms with Gasteiger partial charge in [-0.2, -0.15) is 0 Å². The molecule has 0 atom stereocenters. The summed E-state index contributed by atoms with van der Waals surface area (Å²) in [4.78, 5) is 38.1. The molecule has 2 N–H and O–H groups in total. The third-order valence-electron chi connectivity index (χ3n) is 4.34. The largest absolute Gasteiger partial charge is 0.351 e. The fourth-order valence-corrected chi connectivity index (χ4v) is 4.12. The van der Waals surface area contributed by atoms with E-state index >= 15 is 0 Å². The molecule has 0 bridgehead atoms. The van der Waals surface area contributed by atoms with Crippen molar-refractivity contribution < 1.29 is 14.4 Å². The fraction of sp³-hybridized carbons (Fsp3) is 0.533. The number of rotatable bonds is 5. The first kappa shape index (κ1) is 16.3. The Morgan fingerprint density at radius 2 is 2.09 bits per heavy atom. The molecule has 2 heterocycles. The zero-order chi connectivity index (χ0) is 16.4. The predicted octanol–water partition coefficient (Wildman–Crippen LogP) is 2.39. The zero-order valence-electron chi connectivity index (χ0n) is 12.6. The molecule has 0 radical (unpaired) electrons. The number of hydrogen-bond donors (Lipinski definition) is 2. The van der Waals surface area contributed by atoms with Crippen molar-refractivity contribution in [3.05, 3.63) is 21.3 Å². The van der Waals surface area contributed by atoms with Crippen molar-refractivity contribution in [1.29, 1.82) is 0 Å². The molecule has 2 fully saturated rings. The second kappa shape index (κ2) is 6.49. The highest BCUT2D eigenvalue weighted by atomic mass is 35.5. The number of nitrogens with zero attached hydrogens (tertiary/aromatic N) is 1. The monoisotopic (exact) mass is 355 g/mol. The van der Waals surface area contributed by atoms with Gasteiger partial charge in [0.1, 0.15) is 5.54 Å². The highest BCUT2D eigenvalue weighted by molar-refractivity contribution is 7.17. The number of carbonyl (C=O) groups is 3. The highest BCUT2D eigenvalue weighted by Gasteiger charge is 2.51. The molecular weight excluding hydrogens is 338 g/mol. The van der Waals surface area contributed by atoms with Gasteiger partial charge in [-0.05, 0) is 31.4 Å². The van der Waals surface area contributed by atoms with Crippen molar-refractivity contribution in [2.45, 2.75) is 37.6 Å². The number of hydrogen-bond acceptors (Lipinski definition) is 4. The van der Waals surface area contributed by atoms with Gasteiger partial charge in [0, 0.05) is 13.1 Å². The zero-order valence-corrected chi connectivity index (χ0v) is 14.1. The molecule has 1 saturated carbocycles. The predicted molar refractivity (Wildman–Crippen MR) is 87.7 cm³/mol. The molecule has 4 amide bonds. The van der Waals surface area contributed by atoms with Gasteiger partial charge in [0.05, 0.1) is 9.21 Å². The van der Waals surface area contributed by atoms with Crippen molar-refractivity contribution >= 4 is 40.8 Å². The smallest absolute Gasteiger partial charge is 0.325 e. The van der Waals surface area contributed by atoms with E-state index in [2.05, 4.69) is 10.6 Å². The lowest BCUT2D eigenvalue weighted by molar-refractivity contribution is -0.131. The first-order valence-corrected chi connectivity index (χ1v) is 8.89. The minimum atomic E-state index is -0.659. The van der Waals surface area contributed by atoms with E-state index in [-0.39, 0.29) is 17.8 Å². The van der Waals surface area contributed by atoms with Gasteiger partial charge in [-0.25, -0.2) is 4.79 Å². The second-order valence-electron chi connectivity index (χ2n) is 5.89. The van der Waals surface area contributed by atoms with Crippen LogP contribution in [0.5, 0.6) is 0 Å². The summed E-state index contributed by atoms with van der Waals surface area (Å²) in [5, 5.41) is 5.61. The van der Waals surface area contributed by atoms with Crippen LogP contribution in [0.3, 0.4) is 0 Å². The van der Waals surface area contributed by atoms with E-state index in [1.165, 1.54) is 16.2 Å². The lowest BCUT2D eigenvalue weighted by Crippen LogP contribution is -2.44. The Hall–Kier alpha value is -1.60. The van der Waals surface area contributed by atoms with Crippen LogP contribution < -0.4 is 10.6 Å². The van der Waals surface area contributed by atoms with Gasteiger partial charge in [0.15, 0.2) is 0 Å². The molecule has 1 aromatic heterocycles. The van der Waals surface area contributed by atoms with Crippen LogP contribution in [0.15, 0.2) is 12.1 Å². The van der Waals surface area contributed by atoms with E-state index in [1.807, 2.05) is 0 Å². The van der Waals surface area contributed by atoms with Crippen LogP contribution in [-0.2, 0) is 4.79 Å². The molecule has 1 aromatic rings. The van der Waals surface area contributed by atoms with E-state index in [0.717, 1.165) is 25.7 Å². The summed E-state index contributed by atoms with van der Waals surface area (Å²) in [6, 6.07) is 3.03. The molecule has 2 aliphatic rings. The average molecular weight is 356 g/mol. The Kier molecular flexibility index (Phi) is 4.59. The second-order valence-corrected chi connectivity index (χ2v) is 7.60. The van der Waals surface area contributed by atoms with Crippen molar-refractivity contribution in [1.82, 2.24) is 15.5 Å². The summed E-state index contributed by atoms with van der Waals surface area (Å²) in [7, 11) is 0. The molecule has 1 saturated heterocycles. The molecule has 124 valence electrons. The number of thiophene rings is 1. The Morgan fingerprint density at radius 1 is 1.35 bits per heavy atom. The maximum absolute atomic E-state index is 12.4. The van der Waals surface area contributed by atoms with E-state index < -0.39 is 5.54 Å². The van der Waals surface area contributed by atoms with Crippen LogP contribution in [0.1, 0.15) is 41.8 Å². The van der Waals surface area contributed by atoms with Crippen LogP contribution in [0.2, 0.25) is 4.34 Å². The maximum Gasteiger partial charge on any atom is 0.325 e. The lowest BCUT2D eigenvalue weighted by atomic mass is 9.98. The van der Waals surface area contributed by atoms with E-state index in [0.29, 0.717) is 28.7 Å². The highest BCUT2D eigenvalue weighted by Crippen LogP contribution is 2.34. The van der Waals surface area contributed by atoms with Crippen LogP contribution >= 0.6 is 22.9 Å². The number of amides is 4. The fourth-order valence-electron chi connectivity index (χ4n) is 3.16. The van der Waals surface area contributed by atoms with Gasteiger partial charge >= 0.3 is 6.03 Å². The van der Waals surface area contributed by atoms with Crippen LogP contribution in [0, 0.1) is 0 Å². The Bertz CT molecular complexity index is 640. The Morgan fingerprint density at radius 3 is 2.74 bits per heavy atom. The van der Waals surface area contributed by atoms with E-state index in [1.54, 1.807) is 12.1 Å². The van der Waals surface area contributed by atoms with Crippen molar-refractivity contribution in [2.24, 2.45) is 0 Å². The van der Waals surface area contributed by atoms with Gasteiger partial charge in [0.25, 0.3) is 11.8 Å². The number of nitrogens with one attached hydrogen (secondary N) is 2. The Labute approximate surface area is 143 Å². The van der Waals surface area contributed by atoms with Crippen molar-refractivity contribution in [3.8, 4) is 0 Å². The first-order valence-electron chi connectivity index (χ1n) is 7.69. The summed E-state index contributed by atoms with van der Waals surface area (Å²) >= 11 is 7.01. The number of halogens is 1. The van der Waals surface area contributed by atoms with Gasteiger partial charge < -0.3 is 10.6 Å². The normalized spacial score (nSPS) is 19.4. The van der Waals surface area contributed by atoms with Crippen LogP contribution in [0.4, 0.5) is 4.79 Å². The van der Waals surface area contributed by atoms with Gasteiger partial charge in [-0.1, -0.05) is 24.4 Å². The third-order valence-corrected chi connectivity index (χ3v) is 5.57. The molecule has 8 heteroatoms. The molecule has 1 spiro atoms. The minimum absolute atomic E-state index is 0.114. The van der Waals surface area contributed by atoms with Crippen LogP contribution in [0.25, 0.3) is 0 Å². The lowest BCUT2D eigenvalue weighted by Gasteiger charge is -2.20. The first-order chi connectivity index (χ1) is 11.0. The maximum atomic E-state index is 12.4. The van der Waals surface area contributed by atoms with Gasteiger partial charge in [-0.15, -0.1) is 11.3 Å². The summed E-state index contributed by atoms with van der Waals surface area (Å²) in [6.45, 7) is 0.719.